The zero-order chi connectivity index (χ0) is 19.5. The summed E-state index contributed by atoms with van der Waals surface area (Å²) >= 11 is 0. The molecule has 1 aliphatic heterocycles. The summed E-state index contributed by atoms with van der Waals surface area (Å²) in [5.74, 6) is -0.999. The van der Waals surface area contributed by atoms with Gasteiger partial charge in [0.25, 0.3) is 0 Å². The van der Waals surface area contributed by atoms with Gasteiger partial charge in [0.15, 0.2) is 0 Å². The predicted molar refractivity (Wildman–Crippen MR) is 99.9 cm³/mol. The number of hydrogen-bond acceptors (Lipinski definition) is 4. The van der Waals surface area contributed by atoms with Gasteiger partial charge in [-0.2, -0.15) is 0 Å². The van der Waals surface area contributed by atoms with Crippen LogP contribution in [0.5, 0.6) is 0 Å². The number of likely N-dealkylation sites (tertiary alicyclic amines) is 1. The molecule has 0 bridgehead atoms. The maximum absolute atomic E-state index is 12.5. The van der Waals surface area contributed by atoms with Gasteiger partial charge in [0.1, 0.15) is 11.1 Å². The van der Waals surface area contributed by atoms with Crippen molar-refractivity contribution >= 4 is 12.1 Å². The number of aliphatic carboxylic acids is 1. The number of hydrogen-bond donors (Lipinski definition) is 1. The Hall–Kier alpha value is -2.08. The first-order valence-corrected chi connectivity index (χ1v) is 9.01. The lowest BCUT2D eigenvalue weighted by Gasteiger charge is -2.46. The number of carbonyl (C=O) groups is 2. The fourth-order valence-corrected chi connectivity index (χ4v) is 3.39. The third kappa shape index (κ3) is 4.75. The van der Waals surface area contributed by atoms with Crippen molar-refractivity contribution in [1.82, 2.24) is 9.80 Å². The molecular formula is C20H30N2O4. The molecule has 1 saturated heterocycles. The number of carboxylic acid groups (broad SMARTS) is 1. The van der Waals surface area contributed by atoms with E-state index in [-0.39, 0.29) is 6.04 Å². The zero-order valence-electron chi connectivity index (χ0n) is 16.4. The number of piperidine rings is 1. The molecule has 6 nitrogen and oxygen atoms in total. The molecule has 2 unspecified atom stereocenters. The summed E-state index contributed by atoms with van der Waals surface area (Å²) in [5, 5.41) is 9.84. The molecule has 0 aliphatic carbocycles. The normalized spacial score (nSPS) is 23.8. The molecule has 2 atom stereocenters. The van der Waals surface area contributed by atoms with Crippen LogP contribution in [0.15, 0.2) is 30.3 Å². The lowest BCUT2D eigenvalue weighted by atomic mass is 9.85. The van der Waals surface area contributed by atoms with E-state index >= 15 is 0 Å². The molecule has 144 valence electrons. The van der Waals surface area contributed by atoms with E-state index in [1.165, 1.54) is 10.5 Å². The van der Waals surface area contributed by atoms with Crippen LogP contribution >= 0.6 is 0 Å². The molecule has 1 N–H and O–H groups in total. The number of carbonyl (C=O) groups excluding carboxylic acids is 1. The topological polar surface area (TPSA) is 70.1 Å². The van der Waals surface area contributed by atoms with Gasteiger partial charge in [0, 0.05) is 19.1 Å². The minimum Gasteiger partial charge on any atom is -0.480 e. The molecule has 0 saturated carbocycles. The SMILES string of the molecule is CN(Cc1ccccc1)C1CCN(C(=O)OC(C)(C)C)C(C)(C(=O)O)C1. The van der Waals surface area contributed by atoms with E-state index in [4.69, 9.17) is 4.74 Å². The number of carboxylic acids is 1. The summed E-state index contributed by atoms with van der Waals surface area (Å²) in [4.78, 5) is 28.1. The van der Waals surface area contributed by atoms with Gasteiger partial charge in [0.2, 0.25) is 0 Å². The highest BCUT2D eigenvalue weighted by Crippen LogP contribution is 2.32. The van der Waals surface area contributed by atoms with E-state index in [0.717, 1.165) is 6.54 Å². The quantitative estimate of drug-likeness (QED) is 0.889. The maximum atomic E-state index is 12.5. The molecule has 0 radical (unpaired) electrons. The van der Waals surface area contributed by atoms with Gasteiger partial charge in [-0.1, -0.05) is 30.3 Å². The molecule has 0 spiro atoms. The maximum Gasteiger partial charge on any atom is 0.411 e. The van der Waals surface area contributed by atoms with Crippen molar-refractivity contribution in [2.24, 2.45) is 0 Å². The largest absolute Gasteiger partial charge is 0.480 e. The smallest absolute Gasteiger partial charge is 0.411 e. The Morgan fingerprint density at radius 2 is 1.92 bits per heavy atom. The van der Waals surface area contributed by atoms with Crippen LogP contribution in [0, 0.1) is 0 Å². The van der Waals surface area contributed by atoms with Crippen LogP contribution in [0.3, 0.4) is 0 Å². The van der Waals surface area contributed by atoms with Gasteiger partial charge >= 0.3 is 12.1 Å². The summed E-state index contributed by atoms with van der Waals surface area (Å²) in [7, 11) is 2.00. The standard InChI is InChI=1S/C20H30N2O4/c1-19(2,3)26-18(25)22-12-11-16(13-20(22,4)17(23)24)21(5)14-15-9-7-6-8-10-15/h6-10,16H,11-14H2,1-5H3,(H,23,24). The minimum absolute atomic E-state index is 0.0787. The first-order valence-electron chi connectivity index (χ1n) is 9.01. The monoisotopic (exact) mass is 362 g/mol. The molecule has 1 fully saturated rings. The third-order valence-corrected chi connectivity index (χ3v) is 4.89. The molecule has 1 heterocycles. The van der Waals surface area contributed by atoms with Crippen LogP contribution in [0.4, 0.5) is 4.79 Å². The first kappa shape index (κ1) is 20.2. The number of benzene rings is 1. The number of nitrogens with zero attached hydrogens (tertiary/aromatic N) is 2. The van der Waals surface area contributed by atoms with Crippen LogP contribution in [0.1, 0.15) is 46.1 Å². The van der Waals surface area contributed by atoms with Gasteiger partial charge in [-0.15, -0.1) is 0 Å². The summed E-state index contributed by atoms with van der Waals surface area (Å²) < 4.78 is 5.42. The molecule has 1 aliphatic rings. The van der Waals surface area contributed by atoms with Crippen molar-refractivity contribution in [2.45, 2.75) is 64.3 Å². The highest BCUT2D eigenvalue weighted by molar-refractivity contribution is 5.84. The van der Waals surface area contributed by atoms with E-state index in [1.807, 2.05) is 25.2 Å². The van der Waals surface area contributed by atoms with E-state index in [0.29, 0.717) is 19.4 Å². The Balaban J connectivity index is 2.12. The van der Waals surface area contributed by atoms with Crippen molar-refractivity contribution in [1.29, 1.82) is 0 Å². The molecule has 26 heavy (non-hydrogen) atoms. The summed E-state index contributed by atoms with van der Waals surface area (Å²) in [6.07, 6.45) is 0.516. The highest BCUT2D eigenvalue weighted by atomic mass is 16.6. The van der Waals surface area contributed by atoms with Crippen LogP contribution < -0.4 is 0 Å². The fraction of sp³-hybridized carbons (Fsp3) is 0.600. The summed E-state index contributed by atoms with van der Waals surface area (Å²) in [6, 6.07) is 10.2. The second kappa shape index (κ2) is 7.66. The number of amides is 1. The van der Waals surface area contributed by atoms with Gasteiger partial charge < -0.3 is 9.84 Å². The van der Waals surface area contributed by atoms with E-state index in [1.54, 1.807) is 27.7 Å². The molecule has 2 rings (SSSR count). The van der Waals surface area contributed by atoms with Crippen molar-refractivity contribution in [2.75, 3.05) is 13.6 Å². The zero-order valence-corrected chi connectivity index (χ0v) is 16.4. The van der Waals surface area contributed by atoms with Gasteiger partial charge in [0.05, 0.1) is 0 Å². The number of rotatable bonds is 4. The van der Waals surface area contributed by atoms with Crippen molar-refractivity contribution in [3.8, 4) is 0 Å². The summed E-state index contributed by atoms with van der Waals surface area (Å²) in [5.41, 5.74) is -0.755. The highest BCUT2D eigenvalue weighted by Gasteiger charge is 2.49. The van der Waals surface area contributed by atoms with Gasteiger partial charge in [-0.3, -0.25) is 9.80 Å². The molecule has 0 aromatic heterocycles. The Morgan fingerprint density at radius 3 is 2.46 bits per heavy atom. The molecule has 1 amide bonds. The number of ether oxygens (including phenoxy) is 1. The van der Waals surface area contributed by atoms with Crippen molar-refractivity contribution in [3.63, 3.8) is 0 Å². The minimum atomic E-state index is -1.28. The lowest BCUT2D eigenvalue weighted by molar-refractivity contribution is -0.154. The van der Waals surface area contributed by atoms with Crippen molar-refractivity contribution in [3.05, 3.63) is 35.9 Å². The predicted octanol–water partition coefficient (Wildman–Crippen LogP) is 3.36. The molecule has 6 heteroatoms. The Labute approximate surface area is 155 Å². The second-order valence-corrected chi connectivity index (χ2v) is 8.26. The average molecular weight is 362 g/mol. The van der Waals surface area contributed by atoms with Gasteiger partial charge in [-0.05, 0) is 53.1 Å². The van der Waals surface area contributed by atoms with Crippen LogP contribution in [-0.4, -0.2) is 57.7 Å². The van der Waals surface area contributed by atoms with Gasteiger partial charge in [-0.25, -0.2) is 9.59 Å². The molecular weight excluding hydrogens is 332 g/mol. The molecule has 1 aromatic carbocycles. The van der Waals surface area contributed by atoms with Crippen LogP contribution in [-0.2, 0) is 16.1 Å². The van der Waals surface area contributed by atoms with E-state index in [9.17, 15) is 14.7 Å². The Morgan fingerprint density at radius 1 is 1.31 bits per heavy atom. The van der Waals surface area contributed by atoms with Crippen molar-refractivity contribution < 1.29 is 19.4 Å². The Kier molecular flexibility index (Phi) is 5.96. The Bertz CT molecular complexity index is 641. The van der Waals surface area contributed by atoms with E-state index < -0.39 is 23.2 Å². The fourth-order valence-electron chi connectivity index (χ4n) is 3.39. The van der Waals surface area contributed by atoms with E-state index in [2.05, 4.69) is 17.0 Å². The van der Waals surface area contributed by atoms with Crippen LogP contribution in [0.25, 0.3) is 0 Å². The third-order valence-electron chi connectivity index (χ3n) is 4.89. The average Bonchev–Trinajstić information content (AvgIpc) is 2.53. The molecule has 1 aromatic rings. The lowest BCUT2D eigenvalue weighted by Crippen LogP contribution is -2.62. The first-order chi connectivity index (χ1) is 12.0. The summed E-state index contributed by atoms with van der Waals surface area (Å²) in [6.45, 7) is 8.06. The van der Waals surface area contributed by atoms with Crippen LogP contribution in [0.2, 0.25) is 0 Å². The second-order valence-electron chi connectivity index (χ2n) is 8.26.